The molecule has 0 saturated heterocycles. The van der Waals surface area contributed by atoms with E-state index in [1.807, 2.05) is 0 Å². The van der Waals surface area contributed by atoms with Gasteiger partial charge in [-0.15, -0.1) is 0 Å². The monoisotopic (exact) mass is 226 g/mol. The lowest BCUT2D eigenvalue weighted by Gasteiger charge is -2.20. The number of alkyl halides is 2. The molecule has 1 fully saturated rings. The number of hydrogen-bond donors (Lipinski definition) is 1. The van der Waals surface area contributed by atoms with E-state index in [4.69, 9.17) is 5.11 Å². The second-order valence-electron chi connectivity index (χ2n) is 4.10. The van der Waals surface area contributed by atoms with E-state index in [2.05, 4.69) is 0 Å². The maximum Gasteiger partial charge on any atom is 0.335 e. The van der Waals surface area contributed by atoms with E-state index in [1.54, 1.807) is 12.1 Å². The van der Waals surface area contributed by atoms with Gasteiger partial charge in [0.1, 0.15) is 0 Å². The van der Waals surface area contributed by atoms with Gasteiger partial charge < -0.3 is 5.11 Å². The van der Waals surface area contributed by atoms with Crippen LogP contribution in [0.25, 0.3) is 0 Å². The largest absolute Gasteiger partial charge is 0.478 e. The fourth-order valence-corrected chi connectivity index (χ4v) is 2.31. The van der Waals surface area contributed by atoms with Gasteiger partial charge in [0.05, 0.1) is 5.56 Å². The molecule has 0 bridgehead atoms. The van der Waals surface area contributed by atoms with Gasteiger partial charge in [-0.2, -0.15) is 0 Å². The van der Waals surface area contributed by atoms with Crippen LogP contribution in [0.1, 0.15) is 41.1 Å². The lowest BCUT2D eigenvalue weighted by atomic mass is 9.91. The molecule has 1 aliphatic carbocycles. The molecule has 0 aromatic heterocycles. The minimum absolute atomic E-state index is 0.00549. The number of carbonyl (C=O) groups is 1. The van der Waals surface area contributed by atoms with Crippen LogP contribution in [0, 0.1) is 0 Å². The first-order valence-electron chi connectivity index (χ1n) is 5.22. The summed E-state index contributed by atoms with van der Waals surface area (Å²) in [6, 6.07) is 6.04. The Morgan fingerprint density at radius 3 is 2.62 bits per heavy atom. The molecule has 0 spiro atoms. The summed E-state index contributed by atoms with van der Waals surface area (Å²) >= 11 is 0. The molecule has 1 aromatic carbocycles. The molecule has 0 heterocycles. The summed E-state index contributed by atoms with van der Waals surface area (Å²) in [5, 5.41) is 8.95. The Morgan fingerprint density at radius 2 is 2.06 bits per heavy atom. The molecule has 1 N–H and O–H groups in total. The predicted octanol–water partition coefficient (Wildman–Crippen LogP) is 3.29. The second-order valence-corrected chi connectivity index (χ2v) is 4.10. The lowest BCUT2D eigenvalue weighted by Crippen LogP contribution is -2.21. The number of hydrogen-bond acceptors (Lipinski definition) is 1. The van der Waals surface area contributed by atoms with Gasteiger partial charge in [-0.25, -0.2) is 13.6 Å². The first kappa shape index (κ1) is 11.0. The van der Waals surface area contributed by atoms with E-state index in [0.29, 0.717) is 12.8 Å². The molecular weight excluding hydrogens is 214 g/mol. The Balaban J connectivity index is 2.44. The molecule has 0 radical (unpaired) electrons. The van der Waals surface area contributed by atoms with E-state index in [-0.39, 0.29) is 17.5 Å². The second kappa shape index (κ2) is 3.85. The summed E-state index contributed by atoms with van der Waals surface area (Å²) < 4.78 is 27.1. The third-order valence-electron chi connectivity index (χ3n) is 3.08. The van der Waals surface area contributed by atoms with E-state index < -0.39 is 17.8 Å². The van der Waals surface area contributed by atoms with Crippen LogP contribution in [0.5, 0.6) is 0 Å². The lowest BCUT2D eigenvalue weighted by molar-refractivity contribution is -0.00917. The molecule has 2 rings (SSSR count). The van der Waals surface area contributed by atoms with Crippen molar-refractivity contribution in [3.63, 3.8) is 0 Å². The molecule has 2 nitrogen and oxygen atoms in total. The van der Waals surface area contributed by atoms with E-state index >= 15 is 0 Å². The Kier molecular flexibility index (Phi) is 2.66. The molecule has 1 atom stereocenters. The molecule has 1 aromatic rings. The predicted molar refractivity (Wildman–Crippen MR) is 54.9 cm³/mol. The third-order valence-corrected chi connectivity index (χ3v) is 3.08. The SMILES string of the molecule is O=C(O)c1ccccc1C1CCCC1(F)F. The van der Waals surface area contributed by atoms with Crippen molar-refractivity contribution in [3.8, 4) is 0 Å². The van der Waals surface area contributed by atoms with Crippen molar-refractivity contribution >= 4 is 5.97 Å². The van der Waals surface area contributed by atoms with Gasteiger partial charge in [0.25, 0.3) is 5.92 Å². The van der Waals surface area contributed by atoms with E-state index in [1.165, 1.54) is 12.1 Å². The van der Waals surface area contributed by atoms with Crippen molar-refractivity contribution in [1.29, 1.82) is 0 Å². The zero-order valence-electron chi connectivity index (χ0n) is 8.62. The molecule has 0 aliphatic heterocycles. The molecule has 1 unspecified atom stereocenters. The normalized spacial score (nSPS) is 23.2. The number of rotatable bonds is 2. The quantitative estimate of drug-likeness (QED) is 0.840. The van der Waals surface area contributed by atoms with Crippen LogP contribution in [0.4, 0.5) is 8.78 Å². The molecule has 16 heavy (non-hydrogen) atoms. The summed E-state index contributed by atoms with van der Waals surface area (Å²) in [5.74, 6) is -4.86. The number of carboxylic acid groups (broad SMARTS) is 1. The van der Waals surface area contributed by atoms with Crippen LogP contribution in [0.15, 0.2) is 24.3 Å². The maximum atomic E-state index is 13.5. The van der Waals surface area contributed by atoms with Crippen LogP contribution in [0.3, 0.4) is 0 Å². The highest BCUT2D eigenvalue weighted by Gasteiger charge is 2.45. The standard InChI is InChI=1S/C12H12F2O2/c13-12(14)7-3-6-10(12)8-4-1-2-5-9(8)11(15)16/h1-2,4-5,10H,3,6-7H2,(H,15,16). The van der Waals surface area contributed by atoms with Crippen molar-refractivity contribution < 1.29 is 18.7 Å². The summed E-state index contributed by atoms with van der Waals surface area (Å²) in [7, 11) is 0. The van der Waals surface area contributed by atoms with Crippen molar-refractivity contribution in [3.05, 3.63) is 35.4 Å². The zero-order chi connectivity index (χ0) is 11.8. The topological polar surface area (TPSA) is 37.3 Å². The summed E-state index contributed by atoms with van der Waals surface area (Å²) in [6.45, 7) is 0. The van der Waals surface area contributed by atoms with Gasteiger partial charge in [-0.05, 0) is 24.5 Å². The highest BCUT2D eigenvalue weighted by atomic mass is 19.3. The summed E-state index contributed by atoms with van der Waals surface area (Å²) in [5.41, 5.74) is 0.256. The molecule has 1 aliphatic rings. The fourth-order valence-electron chi connectivity index (χ4n) is 2.31. The molecule has 86 valence electrons. The third kappa shape index (κ3) is 1.79. The number of halogens is 2. The van der Waals surface area contributed by atoms with Crippen molar-refractivity contribution in [2.24, 2.45) is 0 Å². The highest BCUT2D eigenvalue weighted by Crippen LogP contribution is 2.47. The van der Waals surface area contributed by atoms with Crippen molar-refractivity contribution in [2.75, 3.05) is 0 Å². The van der Waals surface area contributed by atoms with Crippen LogP contribution >= 0.6 is 0 Å². The minimum atomic E-state index is -2.77. The zero-order valence-corrected chi connectivity index (χ0v) is 8.62. The van der Waals surface area contributed by atoms with E-state index in [9.17, 15) is 13.6 Å². The van der Waals surface area contributed by atoms with Gasteiger partial charge in [-0.3, -0.25) is 0 Å². The molecule has 0 amide bonds. The smallest absolute Gasteiger partial charge is 0.335 e. The Labute approximate surface area is 91.9 Å². The fraction of sp³-hybridized carbons (Fsp3) is 0.417. The maximum absolute atomic E-state index is 13.5. The van der Waals surface area contributed by atoms with Crippen molar-refractivity contribution in [1.82, 2.24) is 0 Å². The number of aromatic carboxylic acids is 1. The summed E-state index contributed by atoms with van der Waals surface area (Å²) in [4.78, 5) is 10.9. The van der Waals surface area contributed by atoms with Gasteiger partial charge in [0.15, 0.2) is 0 Å². The Morgan fingerprint density at radius 1 is 1.38 bits per heavy atom. The minimum Gasteiger partial charge on any atom is -0.478 e. The first-order chi connectivity index (χ1) is 7.52. The molecule has 1 saturated carbocycles. The van der Waals surface area contributed by atoms with E-state index in [0.717, 1.165) is 0 Å². The van der Waals surface area contributed by atoms with Crippen LogP contribution in [-0.4, -0.2) is 17.0 Å². The number of benzene rings is 1. The first-order valence-corrected chi connectivity index (χ1v) is 5.22. The Hall–Kier alpha value is -1.45. The molecular formula is C12H12F2O2. The van der Waals surface area contributed by atoms with Crippen LogP contribution < -0.4 is 0 Å². The van der Waals surface area contributed by atoms with Gasteiger partial charge >= 0.3 is 5.97 Å². The van der Waals surface area contributed by atoms with Gasteiger partial charge in [-0.1, -0.05) is 18.2 Å². The molecule has 4 heteroatoms. The van der Waals surface area contributed by atoms with Crippen LogP contribution in [-0.2, 0) is 0 Å². The van der Waals surface area contributed by atoms with Crippen LogP contribution in [0.2, 0.25) is 0 Å². The number of carboxylic acids is 1. The summed E-state index contributed by atoms with van der Waals surface area (Å²) in [6.07, 6.45) is 0.661. The Bertz CT molecular complexity index is 415. The van der Waals surface area contributed by atoms with Gasteiger partial charge in [0, 0.05) is 12.3 Å². The average Bonchev–Trinajstić information content (AvgIpc) is 2.58. The van der Waals surface area contributed by atoms with Gasteiger partial charge in [0.2, 0.25) is 0 Å². The van der Waals surface area contributed by atoms with Crippen molar-refractivity contribution in [2.45, 2.75) is 31.1 Å². The highest BCUT2D eigenvalue weighted by molar-refractivity contribution is 5.89. The average molecular weight is 226 g/mol.